The van der Waals surface area contributed by atoms with Gasteiger partial charge < -0.3 is 11.1 Å². The summed E-state index contributed by atoms with van der Waals surface area (Å²) in [6.45, 7) is 3.73. The molecule has 1 saturated heterocycles. The van der Waals surface area contributed by atoms with Gasteiger partial charge in [-0.15, -0.1) is 11.3 Å². The van der Waals surface area contributed by atoms with E-state index < -0.39 is 0 Å². The summed E-state index contributed by atoms with van der Waals surface area (Å²) in [7, 11) is 0. The highest BCUT2D eigenvalue weighted by Crippen LogP contribution is 2.25. The van der Waals surface area contributed by atoms with Gasteiger partial charge in [-0.1, -0.05) is 0 Å². The van der Waals surface area contributed by atoms with E-state index in [0.29, 0.717) is 11.6 Å². The maximum absolute atomic E-state index is 11.2. The zero-order valence-corrected chi connectivity index (χ0v) is 12.5. The molecule has 110 valence electrons. The highest BCUT2D eigenvalue weighted by Gasteiger charge is 2.24. The van der Waals surface area contributed by atoms with Crippen LogP contribution < -0.4 is 11.1 Å². The number of amides is 1. The molecule has 1 atom stereocenters. The molecule has 1 fully saturated rings. The van der Waals surface area contributed by atoms with Crippen molar-refractivity contribution in [3.63, 3.8) is 0 Å². The molecular weight excluding hydrogens is 284 g/mol. The number of nitrogens with zero attached hydrogens (tertiary/aromatic N) is 2. The Morgan fingerprint density at radius 3 is 3.00 bits per heavy atom. The van der Waals surface area contributed by atoms with E-state index in [-0.39, 0.29) is 5.91 Å². The smallest absolute Gasteiger partial charge is 0.249 e. The molecule has 0 spiro atoms. The first kappa shape index (κ1) is 14.2. The van der Waals surface area contributed by atoms with Crippen LogP contribution in [0.15, 0.2) is 36.0 Å². The minimum atomic E-state index is -0.358. The van der Waals surface area contributed by atoms with Crippen molar-refractivity contribution in [1.29, 1.82) is 0 Å². The summed E-state index contributed by atoms with van der Waals surface area (Å²) in [6, 6.07) is 6.36. The maximum atomic E-state index is 11.2. The fourth-order valence-corrected chi connectivity index (χ4v) is 3.54. The van der Waals surface area contributed by atoms with Crippen molar-refractivity contribution in [1.82, 2.24) is 15.2 Å². The number of rotatable bonds is 4. The molecule has 0 radical (unpaired) electrons. The third kappa shape index (κ3) is 3.29. The van der Waals surface area contributed by atoms with Crippen LogP contribution in [-0.4, -0.2) is 35.4 Å². The Morgan fingerprint density at radius 1 is 1.48 bits per heavy atom. The number of carbonyl (C=O) groups excluding carboxylic acids is 1. The SMILES string of the molecule is NC(=O)c1csc(CN2CCNCC2c2ccncc2)c1. The lowest BCUT2D eigenvalue weighted by Crippen LogP contribution is -2.45. The lowest BCUT2D eigenvalue weighted by atomic mass is 10.0. The quantitative estimate of drug-likeness (QED) is 0.895. The minimum Gasteiger partial charge on any atom is -0.366 e. The van der Waals surface area contributed by atoms with E-state index in [9.17, 15) is 4.79 Å². The third-order valence-corrected chi connectivity index (χ3v) is 4.66. The molecule has 1 amide bonds. The minimum absolute atomic E-state index is 0.334. The molecule has 0 aliphatic carbocycles. The molecule has 3 N–H and O–H groups in total. The van der Waals surface area contributed by atoms with Crippen molar-refractivity contribution < 1.29 is 4.79 Å². The fourth-order valence-electron chi connectivity index (χ4n) is 2.64. The summed E-state index contributed by atoms with van der Waals surface area (Å²) < 4.78 is 0. The molecule has 1 aliphatic heterocycles. The molecule has 3 heterocycles. The number of aromatic nitrogens is 1. The van der Waals surface area contributed by atoms with Crippen molar-refractivity contribution in [2.24, 2.45) is 5.73 Å². The van der Waals surface area contributed by atoms with Crippen LogP contribution in [-0.2, 0) is 6.54 Å². The van der Waals surface area contributed by atoms with Gasteiger partial charge >= 0.3 is 0 Å². The van der Waals surface area contributed by atoms with Crippen LogP contribution in [0.1, 0.15) is 26.8 Å². The second-order valence-electron chi connectivity index (χ2n) is 5.14. The Kier molecular flexibility index (Phi) is 4.28. The molecule has 1 aliphatic rings. The van der Waals surface area contributed by atoms with Gasteiger partial charge in [0.2, 0.25) is 5.91 Å². The van der Waals surface area contributed by atoms with E-state index in [0.717, 1.165) is 26.2 Å². The van der Waals surface area contributed by atoms with Gasteiger partial charge in [0.1, 0.15) is 0 Å². The summed E-state index contributed by atoms with van der Waals surface area (Å²) in [5.74, 6) is -0.358. The molecule has 6 heteroatoms. The van der Waals surface area contributed by atoms with Gasteiger partial charge in [0.25, 0.3) is 0 Å². The van der Waals surface area contributed by atoms with Crippen molar-refractivity contribution in [3.05, 3.63) is 52.0 Å². The van der Waals surface area contributed by atoms with Gasteiger partial charge in [0, 0.05) is 54.9 Å². The van der Waals surface area contributed by atoms with E-state index in [1.54, 1.807) is 11.3 Å². The second kappa shape index (κ2) is 6.34. The summed E-state index contributed by atoms with van der Waals surface area (Å²) in [5, 5.41) is 5.27. The number of nitrogens with one attached hydrogen (secondary N) is 1. The number of nitrogens with two attached hydrogens (primary N) is 1. The van der Waals surface area contributed by atoms with E-state index in [1.807, 2.05) is 23.8 Å². The van der Waals surface area contributed by atoms with Gasteiger partial charge in [0.05, 0.1) is 5.56 Å². The standard InChI is InChI=1S/C15H18N4OS/c16-15(20)12-7-13(21-10-12)9-19-6-5-18-8-14(19)11-1-3-17-4-2-11/h1-4,7,10,14,18H,5-6,8-9H2,(H2,16,20). The Bertz CT molecular complexity index is 613. The second-order valence-corrected chi connectivity index (χ2v) is 6.13. The number of hydrogen-bond acceptors (Lipinski definition) is 5. The first-order valence-electron chi connectivity index (χ1n) is 6.96. The molecule has 0 saturated carbocycles. The average molecular weight is 302 g/mol. The summed E-state index contributed by atoms with van der Waals surface area (Å²) in [5.41, 5.74) is 7.19. The number of hydrogen-bond donors (Lipinski definition) is 2. The van der Waals surface area contributed by atoms with Gasteiger partial charge in [0.15, 0.2) is 0 Å². The van der Waals surface area contributed by atoms with Gasteiger partial charge in [-0.25, -0.2) is 0 Å². The Balaban J connectivity index is 1.76. The van der Waals surface area contributed by atoms with Crippen molar-refractivity contribution in [2.75, 3.05) is 19.6 Å². The zero-order valence-electron chi connectivity index (χ0n) is 11.7. The third-order valence-electron chi connectivity index (χ3n) is 3.74. The van der Waals surface area contributed by atoms with Crippen LogP contribution in [0.3, 0.4) is 0 Å². The molecule has 5 nitrogen and oxygen atoms in total. The predicted molar refractivity (Wildman–Crippen MR) is 83.1 cm³/mol. The zero-order chi connectivity index (χ0) is 14.7. The van der Waals surface area contributed by atoms with Crippen LogP contribution in [0.25, 0.3) is 0 Å². The molecule has 0 aromatic carbocycles. The Hall–Kier alpha value is -1.76. The summed E-state index contributed by atoms with van der Waals surface area (Å²) >= 11 is 1.59. The molecule has 2 aromatic rings. The summed E-state index contributed by atoms with van der Waals surface area (Å²) in [6.07, 6.45) is 3.66. The number of primary amides is 1. The van der Waals surface area contributed by atoms with Crippen LogP contribution in [0, 0.1) is 0 Å². The van der Waals surface area contributed by atoms with E-state index in [4.69, 9.17) is 5.73 Å². The predicted octanol–water partition coefficient (Wildman–Crippen LogP) is 1.39. The van der Waals surface area contributed by atoms with Crippen molar-refractivity contribution in [3.8, 4) is 0 Å². The Labute approximate surface area is 127 Å². The average Bonchev–Trinajstić information content (AvgIpc) is 2.98. The Morgan fingerprint density at radius 2 is 2.29 bits per heavy atom. The lowest BCUT2D eigenvalue weighted by molar-refractivity contribution is 0.100. The van der Waals surface area contributed by atoms with E-state index >= 15 is 0 Å². The molecule has 3 rings (SSSR count). The number of piperazine rings is 1. The highest BCUT2D eigenvalue weighted by molar-refractivity contribution is 7.10. The van der Waals surface area contributed by atoms with Gasteiger partial charge in [-0.2, -0.15) is 0 Å². The number of carbonyl (C=O) groups is 1. The lowest BCUT2D eigenvalue weighted by Gasteiger charge is -2.36. The van der Waals surface area contributed by atoms with Crippen LogP contribution in [0.2, 0.25) is 0 Å². The molecule has 0 bridgehead atoms. The molecule has 1 unspecified atom stereocenters. The normalized spacial score (nSPS) is 19.5. The van der Waals surface area contributed by atoms with Gasteiger partial charge in [-0.05, 0) is 23.8 Å². The van der Waals surface area contributed by atoms with Crippen LogP contribution in [0.4, 0.5) is 0 Å². The highest BCUT2D eigenvalue weighted by atomic mass is 32.1. The van der Waals surface area contributed by atoms with Crippen molar-refractivity contribution in [2.45, 2.75) is 12.6 Å². The fraction of sp³-hybridized carbons (Fsp3) is 0.333. The first-order chi connectivity index (χ1) is 10.2. The largest absolute Gasteiger partial charge is 0.366 e. The molecular formula is C15H18N4OS. The number of thiophene rings is 1. The van der Waals surface area contributed by atoms with Crippen LogP contribution >= 0.6 is 11.3 Å². The number of pyridine rings is 1. The van der Waals surface area contributed by atoms with Gasteiger partial charge in [-0.3, -0.25) is 14.7 Å². The van der Waals surface area contributed by atoms with E-state index in [1.165, 1.54) is 10.4 Å². The maximum Gasteiger partial charge on any atom is 0.249 e. The molecule has 21 heavy (non-hydrogen) atoms. The summed E-state index contributed by atoms with van der Waals surface area (Å²) in [4.78, 5) is 18.9. The molecule has 2 aromatic heterocycles. The topological polar surface area (TPSA) is 71.2 Å². The van der Waals surface area contributed by atoms with E-state index in [2.05, 4.69) is 27.3 Å². The van der Waals surface area contributed by atoms with Crippen LogP contribution in [0.5, 0.6) is 0 Å². The monoisotopic (exact) mass is 302 g/mol. The van der Waals surface area contributed by atoms with Crippen molar-refractivity contribution >= 4 is 17.2 Å². The first-order valence-corrected chi connectivity index (χ1v) is 7.84.